The van der Waals surface area contributed by atoms with Gasteiger partial charge in [0.05, 0.1) is 0 Å². The number of tetrazole rings is 1. The molecule has 3 heterocycles. The first-order valence-corrected chi connectivity index (χ1v) is 9.38. The summed E-state index contributed by atoms with van der Waals surface area (Å²) in [6.45, 7) is -0.981. The van der Waals surface area contributed by atoms with Crippen LogP contribution in [0.25, 0.3) is 0 Å². The van der Waals surface area contributed by atoms with Crippen LogP contribution in [0.4, 0.5) is 9.52 Å². The molecule has 158 valence electrons. The monoisotopic (exact) mass is 439 g/mol. The molecule has 14 nitrogen and oxygen atoms in total. The molecule has 0 spiro atoms. The first-order chi connectivity index (χ1) is 14.4. The van der Waals surface area contributed by atoms with Crippen molar-refractivity contribution < 1.29 is 28.7 Å². The molecule has 4 N–H and O–H groups in total. The summed E-state index contributed by atoms with van der Waals surface area (Å²) in [4.78, 5) is 46.4. The SMILES string of the molecule is Nc1nc(C(=NOC2(C(=O)O)CC2)C(=O)NC2C(=O)N(n3cnnn3)C2CF)cs1. The normalized spacial score (nSPS) is 22.4. The van der Waals surface area contributed by atoms with Crippen LogP contribution >= 0.6 is 11.3 Å². The van der Waals surface area contributed by atoms with Crippen LogP contribution < -0.4 is 16.1 Å². The molecule has 1 saturated carbocycles. The zero-order valence-corrected chi connectivity index (χ0v) is 15.8. The lowest BCUT2D eigenvalue weighted by Crippen LogP contribution is -2.75. The molecule has 2 aromatic heterocycles. The summed E-state index contributed by atoms with van der Waals surface area (Å²) in [5.74, 6) is -2.78. The van der Waals surface area contributed by atoms with Crippen LogP contribution in [-0.2, 0) is 19.2 Å². The van der Waals surface area contributed by atoms with E-state index in [1.54, 1.807) is 0 Å². The smallest absolute Gasteiger partial charge is 0.350 e. The number of oxime groups is 1. The molecular formula is C14H14FN9O5S. The lowest BCUT2D eigenvalue weighted by Gasteiger charge is -2.43. The van der Waals surface area contributed by atoms with Gasteiger partial charge in [-0.1, -0.05) is 5.16 Å². The maximum atomic E-state index is 13.5. The van der Waals surface area contributed by atoms with Gasteiger partial charge in [-0.15, -0.1) is 21.2 Å². The van der Waals surface area contributed by atoms with Crippen molar-refractivity contribution in [1.82, 2.24) is 30.6 Å². The number of thiazole rings is 1. The number of nitrogen functional groups attached to an aromatic ring is 1. The van der Waals surface area contributed by atoms with Crippen molar-refractivity contribution in [2.24, 2.45) is 5.16 Å². The number of carbonyl (C=O) groups excluding carboxylic acids is 2. The fraction of sp³-hybridized carbons (Fsp3) is 0.429. The van der Waals surface area contributed by atoms with E-state index in [1.807, 2.05) is 0 Å². The Morgan fingerprint density at radius 3 is 2.80 bits per heavy atom. The number of aliphatic carboxylic acids is 1. The molecule has 30 heavy (non-hydrogen) atoms. The number of aromatic nitrogens is 5. The summed E-state index contributed by atoms with van der Waals surface area (Å²) in [5, 5.41) is 28.0. The number of nitrogens with one attached hydrogen (secondary N) is 1. The minimum absolute atomic E-state index is 0.0251. The lowest BCUT2D eigenvalue weighted by molar-refractivity contribution is -0.153. The molecule has 4 rings (SSSR count). The van der Waals surface area contributed by atoms with Gasteiger partial charge < -0.3 is 21.0 Å². The molecule has 2 amide bonds. The highest BCUT2D eigenvalue weighted by Crippen LogP contribution is 2.40. The van der Waals surface area contributed by atoms with Gasteiger partial charge in [-0.3, -0.25) is 9.59 Å². The van der Waals surface area contributed by atoms with E-state index in [2.05, 4.69) is 31.0 Å². The Hall–Kier alpha value is -3.69. The number of amides is 2. The van der Waals surface area contributed by atoms with Gasteiger partial charge in [-0.25, -0.2) is 19.2 Å². The van der Waals surface area contributed by atoms with Gasteiger partial charge in [0.1, 0.15) is 24.5 Å². The average Bonchev–Trinajstić information content (AvgIpc) is 3.10. The molecule has 2 aliphatic rings. The molecule has 0 aromatic carbocycles. The maximum Gasteiger partial charge on any atom is 0.350 e. The average molecular weight is 439 g/mol. The number of hydrogen-bond donors (Lipinski definition) is 3. The van der Waals surface area contributed by atoms with Crippen LogP contribution in [0.5, 0.6) is 0 Å². The summed E-state index contributed by atoms with van der Waals surface area (Å²) < 4.78 is 13.5. The number of anilines is 1. The fourth-order valence-corrected chi connectivity index (χ4v) is 3.30. The van der Waals surface area contributed by atoms with Gasteiger partial charge in [0.2, 0.25) is 5.60 Å². The molecule has 1 aliphatic carbocycles. The molecule has 1 saturated heterocycles. The number of hydrogen-bond acceptors (Lipinski definition) is 11. The molecule has 1 aliphatic heterocycles. The number of carboxylic acid groups (broad SMARTS) is 1. The van der Waals surface area contributed by atoms with E-state index in [9.17, 15) is 23.9 Å². The van der Waals surface area contributed by atoms with Crippen LogP contribution in [0.2, 0.25) is 0 Å². The van der Waals surface area contributed by atoms with Crippen LogP contribution in [0, 0.1) is 0 Å². The Morgan fingerprint density at radius 1 is 1.50 bits per heavy atom. The molecule has 2 aromatic rings. The number of β-lactam (4-membered cyclic amide) rings is 1. The van der Waals surface area contributed by atoms with Crippen molar-refractivity contribution in [2.45, 2.75) is 30.5 Å². The van der Waals surface area contributed by atoms with Gasteiger partial charge in [0, 0.05) is 18.2 Å². The lowest BCUT2D eigenvalue weighted by atomic mass is 9.98. The largest absolute Gasteiger partial charge is 0.478 e. The summed E-state index contributed by atoms with van der Waals surface area (Å²) in [6, 6.07) is -2.27. The predicted octanol–water partition coefficient (Wildman–Crippen LogP) is -1.95. The van der Waals surface area contributed by atoms with Gasteiger partial charge in [-0.05, 0) is 10.4 Å². The van der Waals surface area contributed by atoms with Crippen LogP contribution in [0.1, 0.15) is 18.5 Å². The number of nitrogens with two attached hydrogens (primary N) is 1. The van der Waals surface area contributed by atoms with Crippen molar-refractivity contribution in [2.75, 3.05) is 17.4 Å². The third-order valence-electron chi connectivity index (χ3n) is 4.58. The maximum absolute atomic E-state index is 13.5. The Kier molecular flexibility index (Phi) is 4.76. The molecule has 2 unspecified atom stereocenters. The van der Waals surface area contributed by atoms with E-state index >= 15 is 0 Å². The minimum Gasteiger partial charge on any atom is -0.478 e. The Labute approximate surface area is 170 Å². The Morgan fingerprint density at radius 2 is 2.27 bits per heavy atom. The van der Waals surface area contributed by atoms with E-state index in [-0.39, 0.29) is 29.4 Å². The number of alkyl halides is 1. The molecular weight excluding hydrogens is 425 g/mol. The summed E-state index contributed by atoms with van der Waals surface area (Å²) >= 11 is 1.02. The summed E-state index contributed by atoms with van der Waals surface area (Å²) in [7, 11) is 0. The third kappa shape index (κ3) is 3.30. The second-order valence-corrected chi connectivity index (χ2v) is 7.38. The highest BCUT2D eigenvalue weighted by molar-refractivity contribution is 7.13. The predicted molar refractivity (Wildman–Crippen MR) is 96.5 cm³/mol. The Bertz CT molecular complexity index is 1020. The third-order valence-corrected chi connectivity index (χ3v) is 5.25. The second-order valence-electron chi connectivity index (χ2n) is 6.49. The molecule has 2 atom stereocenters. The number of nitrogens with zero attached hydrogens (tertiary/aromatic N) is 7. The van der Waals surface area contributed by atoms with Crippen molar-refractivity contribution in [1.29, 1.82) is 0 Å². The van der Waals surface area contributed by atoms with Crippen LogP contribution in [0.15, 0.2) is 16.9 Å². The van der Waals surface area contributed by atoms with E-state index in [0.717, 1.165) is 27.5 Å². The zero-order chi connectivity index (χ0) is 21.5. The molecule has 2 fully saturated rings. The summed E-state index contributed by atoms with van der Waals surface area (Å²) in [6.07, 6.45) is 1.57. The highest BCUT2D eigenvalue weighted by Gasteiger charge is 2.55. The molecule has 16 heteroatoms. The number of carbonyl (C=O) groups is 3. The minimum atomic E-state index is -1.50. The van der Waals surface area contributed by atoms with Crippen molar-refractivity contribution >= 4 is 40.0 Å². The van der Waals surface area contributed by atoms with Gasteiger partial charge >= 0.3 is 5.97 Å². The number of carboxylic acids is 1. The van der Waals surface area contributed by atoms with E-state index in [4.69, 9.17) is 10.6 Å². The number of rotatable bonds is 8. The topological polar surface area (TPSA) is 191 Å². The fourth-order valence-electron chi connectivity index (χ4n) is 2.75. The van der Waals surface area contributed by atoms with Crippen molar-refractivity contribution in [3.8, 4) is 0 Å². The van der Waals surface area contributed by atoms with Crippen LogP contribution in [-0.4, -0.2) is 78.3 Å². The van der Waals surface area contributed by atoms with Crippen molar-refractivity contribution in [3.63, 3.8) is 0 Å². The first kappa shape index (κ1) is 19.6. The standard InChI is InChI=1S/C14H14FN9O5S/c15-3-7-9(11(26)24(7)23-5-17-21-22-23)19-10(25)8(6-4-30-13(16)18-6)20-29-14(1-2-14)12(27)28/h4-5,7,9H,1-3H2,(H2,16,18)(H,19,25)(H,27,28). The number of halogens is 1. The zero-order valence-electron chi connectivity index (χ0n) is 15.0. The van der Waals surface area contributed by atoms with Crippen LogP contribution in [0.3, 0.4) is 0 Å². The quantitative estimate of drug-likeness (QED) is 0.237. The van der Waals surface area contributed by atoms with Gasteiger partial charge in [0.15, 0.2) is 17.2 Å². The Balaban J connectivity index is 1.54. The van der Waals surface area contributed by atoms with Gasteiger partial charge in [0.25, 0.3) is 11.8 Å². The summed E-state index contributed by atoms with van der Waals surface area (Å²) in [5.41, 5.74) is 3.73. The van der Waals surface area contributed by atoms with E-state index < -0.39 is 42.1 Å². The first-order valence-electron chi connectivity index (χ1n) is 8.50. The van der Waals surface area contributed by atoms with E-state index in [1.165, 1.54) is 5.38 Å². The van der Waals surface area contributed by atoms with Crippen molar-refractivity contribution in [3.05, 3.63) is 17.4 Å². The van der Waals surface area contributed by atoms with E-state index in [0.29, 0.717) is 0 Å². The van der Waals surface area contributed by atoms with Gasteiger partial charge in [-0.2, -0.15) is 0 Å². The molecule has 0 bridgehead atoms. The molecule has 0 radical (unpaired) electrons. The second kappa shape index (κ2) is 7.29. The highest BCUT2D eigenvalue weighted by atomic mass is 32.1.